The van der Waals surface area contributed by atoms with Gasteiger partial charge in [-0.2, -0.15) is 0 Å². The van der Waals surface area contributed by atoms with Gasteiger partial charge in [0.15, 0.2) is 0 Å². The fourth-order valence-electron chi connectivity index (χ4n) is 3.42. The summed E-state index contributed by atoms with van der Waals surface area (Å²) < 4.78 is 8.20. The fraction of sp³-hybridized carbons (Fsp3) is 0.429. The molecule has 0 amide bonds. The van der Waals surface area contributed by atoms with Crippen LogP contribution in [0.15, 0.2) is 60.7 Å². The predicted octanol–water partition coefficient (Wildman–Crippen LogP) is 5.17. The first kappa shape index (κ1) is 19.7. The Morgan fingerprint density at radius 1 is 0.917 bits per heavy atom. The molecular weight excluding hydrogens is 423 g/mol. The highest BCUT2D eigenvalue weighted by atomic mass is 127. The van der Waals surface area contributed by atoms with Crippen molar-refractivity contribution in [1.82, 2.24) is 0 Å². The van der Waals surface area contributed by atoms with Crippen LogP contribution in [0.5, 0.6) is 0 Å². The number of alkyl halides is 1. The van der Waals surface area contributed by atoms with Crippen LogP contribution in [0, 0.1) is 0 Å². The third-order valence-corrected chi connectivity index (χ3v) is 10.5. The van der Waals surface area contributed by atoms with Gasteiger partial charge in [-0.1, -0.05) is 104 Å². The van der Waals surface area contributed by atoms with Crippen LogP contribution in [0.1, 0.15) is 40.5 Å². The maximum Gasteiger partial charge on any atom is 0.261 e. The summed E-state index contributed by atoms with van der Waals surface area (Å²) >= 11 is 2.45. The van der Waals surface area contributed by atoms with Crippen molar-refractivity contribution >= 4 is 41.3 Å². The van der Waals surface area contributed by atoms with Gasteiger partial charge in [0.05, 0.1) is 0 Å². The van der Waals surface area contributed by atoms with Crippen LogP contribution in [0.2, 0.25) is 5.04 Å². The first-order valence-electron chi connectivity index (χ1n) is 8.76. The van der Waals surface area contributed by atoms with Gasteiger partial charge in [0.2, 0.25) is 0 Å². The summed E-state index contributed by atoms with van der Waals surface area (Å²) in [7, 11) is -2.36. The van der Waals surface area contributed by atoms with E-state index in [-0.39, 0.29) is 11.1 Å². The second kappa shape index (κ2) is 8.63. The molecule has 1 atom stereocenters. The van der Waals surface area contributed by atoms with Crippen molar-refractivity contribution in [3.8, 4) is 0 Å². The van der Waals surface area contributed by atoms with E-state index in [0.29, 0.717) is 0 Å². The van der Waals surface area contributed by atoms with Crippen molar-refractivity contribution in [2.75, 3.05) is 4.43 Å². The average Bonchev–Trinajstić information content (AvgIpc) is 2.58. The Bertz CT molecular complexity index is 567. The Balaban J connectivity index is 2.57. The van der Waals surface area contributed by atoms with E-state index in [1.54, 1.807) is 0 Å². The maximum absolute atomic E-state index is 7.01. The average molecular weight is 452 g/mol. The molecule has 0 spiro atoms. The molecule has 130 valence electrons. The third kappa shape index (κ3) is 4.30. The number of benzene rings is 2. The van der Waals surface area contributed by atoms with Crippen molar-refractivity contribution in [3.63, 3.8) is 0 Å². The van der Waals surface area contributed by atoms with E-state index in [4.69, 9.17) is 4.43 Å². The predicted molar refractivity (Wildman–Crippen MR) is 116 cm³/mol. The lowest BCUT2D eigenvalue weighted by atomic mass is 10.2. The Kier molecular flexibility index (Phi) is 7.07. The van der Waals surface area contributed by atoms with E-state index < -0.39 is 8.32 Å². The summed E-state index contributed by atoms with van der Waals surface area (Å²) in [6.45, 7) is 9.25. The summed E-state index contributed by atoms with van der Waals surface area (Å²) in [5.41, 5.74) is 0. The second-order valence-electron chi connectivity index (χ2n) is 7.42. The van der Waals surface area contributed by atoms with Crippen molar-refractivity contribution in [2.24, 2.45) is 0 Å². The molecule has 2 rings (SSSR count). The van der Waals surface area contributed by atoms with Crippen LogP contribution < -0.4 is 10.4 Å². The highest BCUT2D eigenvalue weighted by Crippen LogP contribution is 2.37. The molecule has 3 heteroatoms. The standard InChI is InChI=1S/C21H29IOSi/c1-18(12-11-17-22)23-24(21(2,3)4,19-13-7-5-8-14-19)20-15-9-6-10-16-20/h5-10,13-16,18H,11-12,17H2,1-4H3/t18-/m0/s1. The van der Waals surface area contributed by atoms with Crippen LogP contribution in [0.3, 0.4) is 0 Å². The molecule has 2 aromatic carbocycles. The minimum atomic E-state index is -2.36. The molecule has 0 saturated carbocycles. The molecule has 24 heavy (non-hydrogen) atoms. The van der Waals surface area contributed by atoms with Gasteiger partial charge < -0.3 is 4.43 Å². The first-order valence-corrected chi connectivity index (χ1v) is 12.2. The molecule has 2 aromatic rings. The molecule has 0 aliphatic carbocycles. The number of hydrogen-bond acceptors (Lipinski definition) is 1. The summed E-state index contributed by atoms with van der Waals surface area (Å²) in [5, 5.41) is 2.80. The third-order valence-electron chi connectivity index (χ3n) is 4.54. The number of rotatable bonds is 7. The van der Waals surface area contributed by atoms with Gasteiger partial charge in [-0.25, -0.2) is 0 Å². The van der Waals surface area contributed by atoms with E-state index in [9.17, 15) is 0 Å². The zero-order valence-electron chi connectivity index (χ0n) is 15.3. The normalized spacial score (nSPS) is 13.7. The van der Waals surface area contributed by atoms with Crippen LogP contribution in [-0.4, -0.2) is 18.8 Å². The molecule has 0 aromatic heterocycles. The second-order valence-corrected chi connectivity index (χ2v) is 12.8. The largest absolute Gasteiger partial charge is 0.405 e. The van der Waals surface area contributed by atoms with Gasteiger partial charge in [-0.3, -0.25) is 0 Å². The smallest absolute Gasteiger partial charge is 0.261 e. The molecule has 0 radical (unpaired) electrons. The van der Waals surface area contributed by atoms with Gasteiger partial charge in [-0.05, 0) is 39.6 Å². The summed E-state index contributed by atoms with van der Waals surface area (Å²) in [6, 6.07) is 21.8. The Morgan fingerprint density at radius 3 is 1.75 bits per heavy atom. The lowest BCUT2D eigenvalue weighted by Gasteiger charge is -2.44. The van der Waals surface area contributed by atoms with Crippen molar-refractivity contribution < 1.29 is 4.43 Å². The molecule has 0 bridgehead atoms. The SMILES string of the molecule is C[C@@H](CCCI)O[Si](c1ccccc1)(c1ccccc1)C(C)(C)C. The molecule has 0 N–H and O–H groups in total. The lowest BCUT2D eigenvalue weighted by molar-refractivity contribution is 0.196. The molecule has 0 aliphatic rings. The maximum atomic E-state index is 7.01. The Labute approximate surface area is 162 Å². The molecule has 0 unspecified atom stereocenters. The van der Waals surface area contributed by atoms with Gasteiger partial charge in [0.25, 0.3) is 8.32 Å². The summed E-state index contributed by atoms with van der Waals surface area (Å²) in [6.07, 6.45) is 2.60. The van der Waals surface area contributed by atoms with E-state index in [1.165, 1.54) is 21.2 Å². The lowest BCUT2D eigenvalue weighted by Crippen LogP contribution is -2.67. The van der Waals surface area contributed by atoms with Crippen molar-refractivity contribution in [2.45, 2.75) is 51.7 Å². The minimum absolute atomic E-state index is 0.0638. The van der Waals surface area contributed by atoms with Gasteiger partial charge >= 0.3 is 0 Å². The summed E-state index contributed by atoms with van der Waals surface area (Å²) in [5.74, 6) is 0. The van der Waals surface area contributed by atoms with Crippen molar-refractivity contribution in [1.29, 1.82) is 0 Å². The highest BCUT2D eigenvalue weighted by Gasteiger charge is 2.50. The summed E-state index contributed by atoms with van der Waals surface area (Å²) in [4.78, 5) is 0. The Hall–Kier alpha value is -0.653. The number of halogens is 1. The highest BCUT2D eigenvalue weighted by molar-refractivity contribution is 14.1. The zero-order valence-corrected chi connectivity index (χ0v) is 18.4. The zero-order chi connectivity index (χ0) is 17.6. The van der Waals surface area contributed by atoms with Gasteiger partial charge in [-0.15, -0.1) is 0 Å². The molecular formula is C21H29IOSi. The van der Waals surface area contributed by atoms with E-state index in [2.05, 4.69) is 111 Å². The van der Waals surface area contributed by atoms with Gasteiger partial charge in [0, 0.05) is 6.10 Å². The molecule has 0 heterocycles. The quantitative estimate of drug-likeness (QED) is 0.320. The first-order chi connectivity index (χ1) is 11.4. The van der Waals surface area contributed by atoms with E-state index in [0.717, 1.165) is 6.42 Å². The molecule has 0 fully saturated rings. The topological polar surface area (TPSA) is 9.23 Å². The van der Waals surface area contributed by atoms with Crippen LogP contribution in [-0.2, 0) is 4.43 Å². The van der Waals surface area contributed by atoms with E-state index >= 15 is 0 Å². The molecule has 1 nitrogen and oxygen atoms in total. The van der Waals surface area contributed by atoms with Gasteiger partial charge in [0.1, 0.15) is 0 Å². The fourth-order valence-corrected chi connectivity index (χ4v) is 8.59. The van der Waals surface area contributed by atoms with E-state index in [1.807, 2.05) is 0 Å². The van der Waals surface area contributed by atoms with Crippen LogP contribution >= 0.6 is 22.6 Å². The Morgan fingerprint density at radius 2 is 1.38 bits per heavy atom. The van der Waals surface area contributed by atoms with Crippen LogP contribution in [0.4, 0.5) is 0 Å². The molecule has 0 aliphatic heterocycles. The molecule has 0 saturated heterocycles. The minimum Gasteiger partial charge on any atom is -0.405 e. The number of hydrogen-bond donors (Lipinski definition) is 0. The van der Waals surface area contributed by atoms with Crippen molar-refractivity contribution in [3.05, 3.63) is 60.7 Å². The monoisotopic (exact) mass is 452 g/mol. The van der Waals surface area contributed by atoms with Crippen LogP contribution in [0.25, 0.3) is 0 Å².